The Bertz CT molecular complexity index is 343. The molecule has 0 unspecified atom stereocenters. The molecule has 0 aliphatic carbocycles. The van der Waals surface area contributed by atoms with Crippen LogP contribution in [0.4, 0.5) is 0 Å². The first-order valence-corrected chi connectivity index (χ1v) is 2.94. The van der Waals surface area contributed by atoms with Gasteiger partial charge in [0.25, 0.3) is 0 Å². The van der Waals surface area contributed by atoms with E-state index in [0.29, 0.717) is 0 Å². The van der Waals surface area contributed by atoms with E-state index in [2.05, 4.69) is 0 Å². The van der Waals surface area contributed by atoms with Crippen LogP contribution in [0.2, 0.25) is 0 Å². The second-order valence-electron chi connectivity index (χ2n) is 1.87. The predicted molar refractivity (Wildman–Crippen MR) is 40.6 cm³/mol. The maximum atomic E-state index is 10.9. The van der Waals surface area contributed by atoms with Gasteiger partial charge in [0, 0.05) is 6.29 Å². The fourth-order valence-electron chi connectivity index (χ4n) is 0.738. The standard InChI is InChI=1S/C8H5NO2.Li/c1-2-9-7(6-10)4-3-5-8(9)11;/h1-5H;/q-2;+1. The summed E-state index contributed by atoms with van der Waals surface area (Å²) in [4.78, 5) is 21.1. The first kappa shape index (κ1) is 11.0. The van der Waals surface area contributed by atoms with Crippen molar-refractivity contribution in [2.75, 3.05) is 0 Å². The molecule has 1 heterocycles. The number of carbonyl (C=O) groups excluding carboxylic acids is 1. The molecule has 0 N–H and O–H groups in total. The monoisotopic (exact) mass is 154 g/mol. The predicted octanol–water partition coefficient (Wildman–Crippen LogP) is -2.79. The number of pyridine rings is 1. The Labute approximate surface area is 81.9 Å². The van der Waals surface area contributed by atoms with Crippen LogP contribution in [-0.4, -0.2) is 10.9 Å². The van der Waals surface area contributed by atoms with Gasteiger partial charge >= 0.3 is 18.9 Å². The Hall–Kier alpha value is -1.04. The van der Waals surface area contributed by atoms with Crippen LogP contribution in [0, 0.1) is 6.58 Å². The molecule has 0 aromatic carbocycles. The van der Waals surface area contributed by atoms with E-state index < -0.39 is 0 Å². The maximum Gasteiger partial charge on any atom is 1.00 e. The van der Waals surface area contributed by atoms with Gasteiger partial charge in [-0.15, -0.1) is 6.07 Å². The molecule has 0 radical (unpaired) electrons. The molecule has 0 aliphatic rings. The maximum absolute atomic E-state index is 10.9. The van der Waals surface area contributed by atoms with E-state index in [1.807, 2.05) is 0 Å². The van der Waals surface area contributed by atoms with Gasteiger partial charge in [-0.3, -0.25) is 4.79 Å². The van der Waals surface area contributed by atoms with E-state index in [9.17, 15) is 9.59 Å². The SMILES string of the molecule is [CH-]=Cn1c([C-]=O)cccc1=O.[Li+]. The molecule has 3 nitrogen and oxygen atoms in total. The topological polar surface area (TPSA) is 39.1 Å². The van der Waals surface area contributed by atoms with Crippen molar-refractivity contribution in [1.82, 2.24) is 4.57 Å². The summed E-state index contributed by atoms with van der Waals surface area (Å²) in [5.74, 6) is 0. The molecule has 0 spiro atoms. The molecule has 0 bridgehead atoms. The summed E-state index contributed by atoms with van der Waals surface area (Å²) < 4.78 is 1.02. The van der Waals surface area contributed by atoms with Gasteiger partial charge in [-0.05, 0) is 6.07 Å². The molecule has 0 saturated carbocycles. The largest absolute Gasteiger partial charge is 1.00 e. The average Bonchev–Trinajstić information content (AvgIpc) is 2.04. The van der Waals surface area contributed by atoms with Crippen LogP contribution in [0.15, 0.2) is 23.0 Å². The van der Waals surface area contributed by atoms with Gasteiger partial charge in [0.2, 0.25) is 5.56 Å². The third-order valence-electron chi connectivity index (χ3n) is 1.24. The Kier molecular flexibility index (Phi) is 4.35. The molecular weight excluding hydrogens is 149 g/mol. The first-order chi connectivity index (χ1) is 5.29. The normalized spacial score (nSPS) is 8.33. The van der Waals surface area contributed by atoms with Gasteiger partial charge in [-0.25, -0.2) is 0 Å². The number of hydrogen-bond acceptors (Lipinski definition) is 2. The van der Waals surface area contributed by atoms with Crippen LogP contribution in [0.1, 0.15) is 5.69 Å². The van der Waals surface area contributed by atoms with Crippen LogP contribution >= 0.6 is 0 Å². The fourth-order valence-corrected chi connectivity index (χ4v) is 0.738. The minimum atomic E-state index is -0.339. The van der Waals surface area contributed by atoms with E-state index in [1.54, 1.807) is 6.29 Å². The summed E-state index contributed by atoms with van der Waals surface area (Å²) in [7, 11) is 0. The minimum Gasteiger partial charge on any atom is -0.496 e. The molecule has 0 aliphatic heterocycles. The van der Waals surface area contributed by atoms with Crippen molar-refractivity contribution in [1.29, 1.82) is 0 Å². The fraction of sp³-hybridized carbons (Fsp3) is 0. The van der Waals surface area contributed by atoms with E-state index >= 15 is 0 Å². The van der Waals surface area contributed by atoms with E-state index in [-0.39, 0.29) is 30.1 Å². The molecule has 0 fully saturated rings. The molecule has 0 amide bonds. The summed E-state index contributed by atoms with van der Waals surface area (Å²) >= 11 is 0. The zero-order valence-electron chi connectivity index (χ0n) is 6.65. The number of aromatic nitrogens is 1. The van der Waals surface area contributed by atoms with Crippen molar-refractivity contribution in [2.24, 2.45) is 0 Å². The molecule has 1 aromatic rings. The van der Waals surface area contributed by atoms with Crippen LogP contribution in [-0.2, 0) is 4.79 Å². The smallest absolute Gasteiger partial charge is 0.496 e. The number of hydrogen-bond donors (Lipinski definition) is 0. The van der Waals surface area contributed by atoms with Crippen molar-refractivity contribution >= 4 is 12.5 Å². The quantitative estimate of drug-likeness (QED) is 0.341. The second-order valence-corrected chi connectivity index (χ2v) is 1.87. The summed E-state index contributed by atoms with van der Waals surface area (Å²) in [5, 5.41) is 0. The zero-order valence-corrected chi connectivity index (χ0v) is 6.65. The Balaban J connectivity index is 0.00000121. The summed E-state index contributed by atoms with van der Waals surface area (Å²) in [6, 6.07) is 4.24. The Morgan fingerprint density at radius 3 is 2.58 bits per heavy atom. The minimum absolute atomic E-state index is 0. The van der Waals surface area contributed by atoms with Gasteiger partial charge in [-0.1, -0.05) is 5.69 Å². The molecule has 0 saturated heterocycles. The van der Waals surface area contributed by atoms with E-state index in [0.717, 1.165) is 10.8 Å². The second kappa shape index (κ2) is 4.76. The van der Waals surface area contributed by atoms with Gasteiger partial charge in [0.05, 0.1) is 0 Å². The third-order valence-corrected chi connectivity index (χ3v) is 1.24. The van der Waals surface area contributed by atoms with Gasteiger partial charge in [-0.2, -0.15) is 12.3 Å². The van der Waals surface area contributed by atoms with Crippen molar-refractivity contribution in [3.05, 3.63) is 40.8 Å². The van der Waals surface area contributed by atoms with Crippen LogP contribution in [0.3, 0.4) is 0 Å². The molecule has 0 atom stereocenters. The molecule has 12 heavy (non-hydrogen) atoms. The average molecular weight is 154 g/mol. The van der Waals surface area contributed by atoms with Crippen LogP contribution in [0.25, 0.3) is 6.20 Å². The summed E-state index contributed by atoms with van der Waals surface area (Å²) in [6.45, 7) is 5.09. The number of nitrogens with zero attached hydrogens (tertiary/aromatic N) is 1. The molecule has 1 aromatic heterocycles. The van der Waals surface area contributed by atoms with E-state index in [1.165, 1.54) is 18.2 Å². The van der Waals surface area contributed by atoms with Crippen molar-refractivity contribution in [3.63, 3.8) is 0 Å². The van der Waals surface area contributed by atoms with E-state index in [4.69, 9.17) is 6.58 Å². The third kappa shape index (κ3) is 1.97. The van der Waals surface area contributed by atoms with Gasteiger partial charge in [0.15, 0.2) is 0 Å². The van der Waals surface area contributed by atoms with Crippen LogP contribution < -0.4 is 24.4 Å². The summed E-state index contributed by atoms with van der Waals surface area (Å²) in [5.41, 5.74) is -0.214. The van der Waals surface area contributed by atoms with Crippen molar-refractivity contribution in [3.8, 4) is 0 Å². The van der Waals surface area contributed by atoms with Gasteiger partial charge in [0.1, 0.15) is 0 Å². The van der Waals surface area contributed by atoms with Crippen molar-refractivity contribution < 1.29 is 23.7 Å². The Morgan fingerprint density at radius 1 is 1.50 bits per heavy atom. The van der Waals surface area contributed by atoms with Crippen molar-refractivity contribution in [2.45, 2.75) is 0 Å². The van der Waals surface area contributed by atoms with Crippen LogP contribution in [0.5, 0.6) is 0 Å². The zero-order chi connectivity index (χ0) is 8.27. The first-order valence-electron chi connectivity index (χ1n) is 2.94. The van der Waals surface area contributed by atoms with Gasteiger partial charge < -0.3 is 15.9 Å². The number of rotatable bonds is 2. The molecule has 4 heteroatoms. The molecular formula is C8H5LiNO2-. The summed E-state index contributed by atoms with van der Waals surface area (Å²) in [6.07, 6.45) is 2.62. The molecule has 1 rings (SSSR count). The molecule has 56 valence electrons. The Morgan fingerprint density at radius 2 is 2.17 bits per heavy atom.